The standard InChI is InChI=1S/C17H21N3/c1-3-18-17-15(8-6-10-19-17)12-20-13(2)11-14-7-4-5-9-16(14)20/h4-10,13H,3,11-12H2,1-2H3,(H,18,19). The van der Waals surface area contributed by atoms with Crippen LogP contribution in [-0.2, 0) is 13.0 Å². The SMILES string of the molecule is CCNc1ncccc1CN1c2ccccc2CC1C. The molecule has 0 fully saturated rings. The topological polar surface area (TPSA) is 28.2 Å². The molecule has 0 aliphatic carbocycles. The highest BCUT2D eigenvalue weighted by atomic mass is 15.2. The van der Waals surface area contributed by atoms with Gasteiger partial charge in [-0.05, 0) is 38.0 Å². The fourth-order valence-corrected chi connectivity index (χ4v) is 2.95. The van der Waals surface area contributed by atoms with E-state index >= 15 is 0 Å². The van der Waals surface area contributed by atoms with Crippen LogP contribution in [0.15, 0.2) is 42.6 Å². The van der Waals surface area contributed by atoms with Crippen LogP contribution < -0.4 is 10.2 Å². The van der Waals surface area contributed by atoms with Crippen molar-refractivity contribution in [3.8, 4) is 0 Å². The first-order valence-electron chi connectivity index (χ1n) is 7.32. The van der Waals surface area contributed by atoms with Gasteiger partial charge in [0.05, 0.1) is 0 Å². The summed E-state index contributed by atoms with van der Waals surface area (Å²) < 4.78 is 0. The van der Waals surface area contributed by atoms with Crippen molar-refractivity contribution in [3.05, 3.63) is 53.7 Å². The predicted octanol–water partition coefficient (Wildman–Crippen LogP) is 3.46. The summed E-state index contributed by atoms with van der Waals surface area (Å²) in [4.78, 5) is 6.93. The molecular formula is C17H21N3. The van der Waals surface area contributed by atoms with Gasteiger partial charge in [0.15, 0.2) is 0 Å². The van der Waals surface area contributed by atoms with Crippen molar-refractivity contribution in [2.75, 3.05) is 16.8 Å². The highest BCUT2D eigenvalue weighted by Crippen LogP contribution is 2.33. The van der Waals surface area contributed by atoms with Crippen molar-refractivity contribution in [3.63, 3.8) is 0 Å². The number of pyridine rings is 1. The first-order chi connectivity index (χ1) is 9.79. The summed E-state index contributed by atoms with van der Waals surface area (Å²) in [6.45, 7) is 6.21. The number of aromatic nitrogens is 1. The lowest BCUT2D eigenvalue weighted by Crippen LogP contribution is -2.29. The summed E-state index contributed by atoms with van der Waals surface area (Å²) in [5.41, 5.74) is 4.08. The minimum absolute atomic E-state index is 0.544. The second kappa shape index (κ2) is 5.53. The van der Waals surface area contributed by atoms with E-state index in [2.05, 4.69) is 59.4 Å². The van der Waals surface area contributed by atoms with E-state index in [-0.39, 0.29) is 0 Å². The third-order valence-corrected chi connectivity index (χ3v) is 3.92. The number of para-hydroxylation sites is 1. The van der Waals surface area contributed by atoms with Crippen molar-refractivity contribution >= 4 is 11.5 Å². The number of nitrogens with one attached hydrogen (secondary N) is 1. The molecule has 1 N–H and O–H groups in total. The van der Waals surface area contributed by atoms with Crippen LogP contribution in [0.3, 0.4) is 0 Å². The van der Waals surface area contributed by atoms with Crippen LogP contribution in [0.1, 0.15) is 25.0 Å². The van der Waals surface area contributed by atoms with Gasteiger partial charge in [-0.2, -0.15) is 0 Å². The Labute approximate surface area is 120 Å². The number of hydrogen-bond acceptors (Lipinski definition) is 3. The Hall–Kier alpha value is -2.03. The molecular weight excluding hydrogens is 246 g/mol. The zero-order valence-electron chi connectivity index (χ0n) is 12.1. The van der Waals surface area contributed by atoms with Gasteiger partial charge in [0, 0.05) is 36.6 Å². The van der Waals surface area contributed by atoms with Crippen LogP contribution in [0.4, 0.5) is 11.5 Å². The first-order valence-corrected chi connectivity index (χ1v) is 7.32. The zero-order valence-corrected chi connectivity index (χ0v) is 12.1. The van der Waals surface area contributed by atoms with Crippen LogP contribution in [0.25, 0.3) is 0 Å². The van der Waals surface area contributed by atoms with E-state index in [9.17, 15) is 0 Å². The maximum absolute atomic E-state index is 4.45. The summed E-state index contributed by atoms with van der Waals surface area (Å²) in [5, 5.41) is 3.35. The molecule has 1 atom stereocenters. The third kappa shape index (κ3) is 2.36. The van der Waals surface area contributed by atoms with Gasteiger partial charge in [-0.1, -0.05) is 24.3 Å². The van der Waals surface area contributed by atoms with E-state index in [1.165, 1.54) is 16.8 Å². The molecule has 1 aliphatic heterocycles. The van der Waals surface area contributed by atoms with Crippen LogP contribution in [-0.4, -0.2) is 17.6 Å². The molecule has 0 radical (unpaired) electrons. The van der Waals surface area contributed by atoms with Crippen LogP contribution >= 0.6 is 0 Å². The van der Waals surface area contributed by atoms with Gasteiger partial charge in [0.25, 0.3) is 0 Å². The summed E-state index contributed by atoms with van der Waals surface area (Å²) >= 11 is 0. The average molecular weight is 267 g/mol. The molecule has 1 aromatic heterocycles. The second-order valence-corrected chi connectivity index (χ2v) is 5.35. The zero-order chi connectivity index (χ0) is 13.9. The van der Waals surface area contributed by atoms with Gasteiger partial charge >= 0.3 is 0 Å². The van der Waals surface area contributed by atoms with Crippen molar-refractivity contribution in [2.24, 2.45) is 0 Å². The Morgan fingerprint density at radius 3 is 2.95 bits per heavy atom. The van der Waals surface area contributed by atoms with E-state index in [1.807, 2.05) is 12.3 Å². The Bertz CT molecular complexity index is 594. The summed E-state index contributed by atoms with van der Waals surface area (Å²) in [6, 6.07) is 13.4. The fraction of sp³-hybridized carbons (Fsp3) is 0.353. The molecule has 0 saturated heterocycles. The van der Waals surface area contributed by atoms with E-state index in [4.69, 9.17) is 0 Å². The smallest absolute Gasteiger partial charge is 0.130 e. The van der Waals surface area contributed by atoms with E-state index < -0.39 is 0 Å². The van der Waals surface area contributed by atoms with Crippen LogP contribution in [0.5, 0.6) is 0 Å². The van der Waals surface area contributed by atoms with Crippen LogP contribution in [0, 0.1) is 0 Å². The lowest BCUT2D eigenvalue weighted by molar-refractivity contribution is 0.672. The summed E-state index contributed by atoms with van der Waals surface area (Å²) in [6.07, 6.45) is 2.98. The van der Waals surface area contributed by atoms with E-state index in [1.54, 1.807) is 0 Å². The molecule has 3 nitrogen and oxygen atoms in total. The number of nitrogens with zero attached hydrogens (tertiary/aromatic N) is 2. The van der Waals surface area contributed by atoms with Crippen molar-refractivity contribution in [2.45, 2.75) is 32.9 Å². The maximum Gasteiger partial charge on any atom is 0.130 e. The van der Waals surface area contributed by atoms with E-state index in [0.29, 0.717) is 6.04 Å². The van der Waals surface area contributed by atoms with Gasteiger partial charge < -0.3 is 10.2 Å². The lowest BCUT2D eigenvalue weighted by Gasteiger charge is -2.26. The molecule has 0 amide bonds. The lowest BCUT2D eigenvalue weighted by atomic mass is 10.1. The number of fused-ring (bicyclic) bond motifs is 1. The predicted molar refractivity (Wildman–Crippen MR) is 84.2 cm³/mol. The van der Waals surface area contributed by atoms with Crippen molar-refractivity contribution in [1.29, 1.82) is 0 Å². The molecule has 1 unspecified atom stereocenters. The maximum atomic E-state index is 4.45. The van der Waals surface area contributed by atoms with Gasteiger partial charge in [0.1, 0.15) is 5.82 Å². The Balaban J connectivity index is 1.88. The van der Waals surface area contributed by atoms with Crippen LogP contribution in [0.2, 0.25) is 0 Å². The molecule has 1 aliphatic rings. The van der Waals surface area contributed by atoms with Crippen molar-refractivity contribution < 1.29 is 0 Å². The first kappa shape index (κ1) is 13.0. The minimum Gasteiger partial charge on any atom is -0.370 e. The fourth-order valence-electron chi connectivity index (χ4n) is 2.95. The quantitative estimate of drug-likeness (QED) is 0.919. The molecule has 1 aromatic carbocycles. The van der Waals surface area contributed by atoms with Gasteiger partial charge in [0.2, 0.25) is 0 Å². The van der Waals surface area contributed by atoms with Gasteiger partial charge in [-0.3, -0.25) is 0 Å². The number of hydrogen-bond donors (Lipinski definition) is 1. The molecule has 104 valence electrons. The molecule has 3 rings (SSSR count). The Morgan fingerprint density at radius 1 is 1.25 bits per heavy atom. The highest BCUT2D eigenvalue weighted by molar-refractivity contribution is 5.60. The van der Waals surface area contributed by atoms with Crippen molar-refractivity contribution in [1.82, 2.24) is 4.98 Å². The normalized spacial score (nSPS) is 17.1. The molecule has 0 bridgehead atoms. The molecule has 0 spiro atoms. The monoisotopic (exact) mass is 267 g/mol. The average Bonchev–Trinajstić information content (AvgIpc) is 2.78. The molecule has 2 aromatic rings. The van der Waals surface area contributed by atoms with Gasteiger partial charge in [-0.25, -0.2) is 4.98 Å². The Kier molecular flexibility index (Phi) is 3.59. The molecule has 2 heterocycles. The number of anilines is 2. The third-order valence-electron chi connectivity index (χ3n) is 3.92. The summed E-state index contributed by atoms with van der Waals surface area (Å²) in [5.74, 6) is 1.01. The minimum atomic E-state index is 0.544. The summed E-state index contributed by atoms with van der Waals surface area (Å²) in [7, 11) is 0. The largest absolute Gasteiger partial charge is 0.370 e. The molecule has 0 saturated carbocycles. The molecule has 3 heteroatoms. The number of rotatable bonds is 4. The van der Waals surface area contributed by atoms with Gasteiger partial charge in [-0.15, -0.1) is 0 Å². The van der Waals surface area contributed by atoms with E-state index in [0.717, 1.165) is 25.3 Å². The number of benzene rings is 1. The second-order valence-electron chi connectivity index (χ2n) is 5.35. The highest BCUT2D eigenvalue weighted by Gasteiger charge is 2.25. The molecule has 20 heavy (non-hydrogen) atoms. The Morgan fingerprint density at radius 2 is 2.10 bits per heavy atom.